The first-order valence-corrected chi connectivity index (χ1v) is 4.13. The minimum Gasteiger partial charge on any atom is -0.318 e. The highest BCUT2D eigenvalue weighted by Gasteiger charge is 2.27. The van der Waals surface area contributed by atoms with Crippen molar-refractivity contribution in [1.29, 1.82) is 0 Å². The van der Waals surface area contributed by atoms with Crippen molar-refractivity contribution < 1.29 is 9.63 Å². The number of hydrogen-bond donors (Lipinski definition) is 0. The highest BCUT2D eigenvalue weighted by Crippen LogP contribution is 2.28. The van der Waals surface area contributed by atoms with Crippen LogP contribution >= 0.6 is 0 Å². The van der Waals surface area contributed by atoms with Gasteiger partial charge in [-0.05, 0) is 12.8 Å². The Morgan fingerprint density at radius 1 is 1.36 bits per heavy atom. The van der Waals surface area contributed by atoms with Crippen molar-refractivity contribution in [2.75, 3.05) is 0 Å². The van der Waals surface area contributed by atoms with Gasteiger partial charge in [0.25, 0.3) is 0 Å². The lowest BCUT2D eigenvalue weighted by Crippen LogP contribution is -2.09. The van der Waals surface area contributed by atoms with Crippen molar-refractivity contribution in [3.8, 4) is 0 Å². The fraction of sp³-hybridized carbons (Fsp3) is 0.750. The molecule has 2 rings (SSSR count). The molecule has 11 heavy (non-hydrogen) atoms. The molecule has 0 atom stereocenters. The van der Waals surface area contributed by atoms with E-state index in [9.17, 15) is 4.79 Å². The molecule has 0 amide bonds. The molecular weight excluding hydrogens is 142 g/mol. The summed E-state index contributed by atoms with van der Waals surface area (Å²) in [6, 6.07) is 0. The SMILES string of the molecule is O=C1CC(C2CCCC2)=NO1. The van der Waals surface area contributed by atoms with E-state index in [1.165, 1.54) is 25.7 Å². The lowest BCUT2D eigenvalue weighted by atomic mass is 10.00. The molecule has 60 valence electrons. The van der Waals surface area contributed by atoms with Crippen LogP contribution in [0.4, 0.5) is 0 Å². The molecule has 3 heteroatoms. The number of nitrogens with zero attached hydrogens (tertiary/aromatic N) is 1. The molecule has 0 spiro atoms. The van der Waals surface area contributed by atoms with E-state index >= 15 is 0 Å². The van der Waals surface area contributed by atoms with E-state index in [0.717, 1.165) is 5.71 Å². The third-order valence-electron chi connectivity index (χ3n) is 2.42. The van der Waals surface area contributed by atoms with E-state index < -0.39 is 0 Å². The van der Waals surface area contributed by atoms with E-state index in [1.807, 2.05) is 0 Å². The number of hydrogen-bond acceptors (Lipinski definition) is 3. The first-order valence-electron chi connectivity index (χ1n) is 4.13. The summed E-state index contributed by atoms with van der Waals surface area (Å²) >= 11 is 0. The highest BCUT2D eigenvalue weighted by atomic mass is 16.7. The zero-order valence-electron chi connectivity index (χ0n) is 6.38. The molecule has 0 aromatic heterocycles. The van der Waals surface area contributed by atoms with Crippen LogP contribution in [0.5, 0.6) is 0 Å². The van der Waals surface area contributed by atoms with Crippen LogP contribution in [0, 0.1) is 5.92 Å². The molecule has 0 unspecified atom stereocenters. The van der Waals surface area contributed by atoms with E-state index in [1.54, 1.807) is 0 Å². The molecule has 0 saturated heterocycles. The van der Waals surface area contributed by atoms with E-state index in [4.69, 9.17) is 0 Å². The number of oxime groups is 1. The standard InChI is InChI=1S/C8H11NO2/c10-8-5-7(9-11-8)6-3-1-2-4-6/h6H,1-5H2. The fourth-order valence-corrected chi connectivity index (χ4v) is 1.80. The van der Waals surface area contributed by atoms with Gasteiger partial charge in [-0.1, -0.05) is 18.0 Å². The summed E-state index contributed by atoms with van der Waals surface area (Å²) in [7, 11) is 0. The Labute approximate surface area is 65.4 Å². The molecule has 1 fully saturated rings. The Balaban J connectivity index is 1.99. The third-order valence-corrected chi connectivity index (χ3v) is 2.42. The molecular formula is C8H11NO2. The van der Waals surface area contributed by atoms with Crippen LogP contribution in [0.25, 0.3) is 0 Å². The van der Waals surface area contributed by atoms with Crippen LogP contribution in [0.3, 0.4) is 0 Å². The van der Waals surface area contributed by atoms with Gasteiger partial charge in [0.1, 0.15) is 0 Å². The molecule has 3 nitrogen and oxygen atoms in total. The molecule has 1 heterocycles. The average molecular weight is 153 g/mol. The molecule has 1 aliphatic heterocycles. The second kappa shape index (κ2) is 2.64. The van der Waals surface area contributed by atoms with Gasteiger partial charge in [0.05, 0.1) is 12.1 Å². The van der Waals surface area contributed by atoms with Crippen molar-refractivity contribution in [3.63, 3.8) is 0 Å². The lowest BCUT2D eigenvalue weighted by molar-refractivity contribution is -0.140. The van der Waals surface area contributed by atoms with E-state index in [0.29, 0.717) is 12.3 Å². The van der Waals surface area contributed by atoms with Crippen LogP contribution in [0.1, 0.15) is 32.1 Å². The Morgan fingerprint density at radius 2 is 2.09 bits per heavy atom. The summed E-state index contributed by atoms with van der Waals surface area (Å²) in [4.78, 5) is 15.2. The molecule has 0 aromatic rings. The predicted molar refractivity (Wildman–Crippen MR) is 40.1 cm³/mol. The third kappa shape index (κ3) is 1.27. The second-order valence-electron chi connectivity index (χ2n) is 3.20. The molecule has 1 saturated carbocycles. The van der Waals surface area contributed by atoms with Gasteiger partial charge >= 0.3 is 5.97 Å². The molecule has 0 radical (unpaired) electrons. The highest BCUT2D eigenvalue weighted by molar-refractivity contribution is 6.03. The van der Waals surface area contributed by atoms with Gasteiger partial charge in [0.15, 0.2) is 0 Å². The quantitative estimate of drug-likeness (QED) is 0.535. The van der Waals surface area contributed by atoms with E-state index in [-0.39, 0.29) is 5.97 Å². The maximum absolute atomic E-state index is 10.7. The van der Waals surface area contributed by atoms with Crippen LogP contribution in [-0.2, 0) is 9.63 Å². The van der Waals surface area contributed by atoms with Gasteiger partial charge in [-0.15, -0.1) is 0 Å². The van der Waals surface area contributed by atoms with Crippen LogP contribution in [-0.4, -0.2) is 11.7 Å². The maximum Gasteiger partial charge on any atom is 0.340 e. The Bertz CT molecular complexity index is 204. The summed E-state index contributed by atoms with van der Waals surface area (Å²) in [5, 5.41) is 3.77. The van der Waals surface area contributed by atoms with E-state index in [2.05, 4.69) is 9.99 Å². The van der Waals surface area contributed by atoms with Crippen molar-refractivity contribution in [1.82, 2.24) is 0 Å². The van der Waals surface area contributed by atoms with Crippen LogP contribution in [0.2, 0.25) is 0 Å². The molecule has 1 aliphatic carbocycles. The monoisotopic (exact) mass is 153 g/mol. The molecule has 0 aromatic carbocycles. The van der Waals surface area contributed by atoms with Gasteiger partial charge in [-0.3, -0.25) is 0 Å². The zero-order valence-corrected chi connectivity index (χ0v) is 6.38. The van der Waals surface area contributed by atoms with Crippen molar-refractivity contribution in [2.45, 2.75) is 32.1 Å². The van der Waals surface area contributed by atoms with Gasteiger partial charge in [0.2, 0.25) is 0 Å². The van der Waals surface area contributed by atoms with Crippen LogP contribution < -0.4 is 0 Å². The number of rotatable bonds is 1. The Hall–Kier alpha value is -0.860. The minimum atomic E-state index is -0.188. The average Bonchev–Trinajstić information content (AvgIpc) is 2.55. The van der Waals surface area contributed by atoms with Crippen molar-refractivity contribution >= 4 is 11.7 Å². The van der Waals surface area contributed by atoms with Gasteiger partial charge in [-0.25, -0.2) is 4.79 Å². The molecule has 2 aliphatic rings. The normalized spacial score (nSPS) is 25.5. The summed E-state index contributed by atoms with van der Waals surface area (Å²) in [6.45, 7) is 0. The topological polar surface area (TPSA) is 38.7 Å². The number of carbonyl (C=O) groups excluding carboxylic acids is 1. The largest absolute Gasteiger partial charge is 0.340 e. The number of carbonyl (C=O) groups is 1. The summed E-state index contributed by atoms with van der Waals surface area (Å²) < 4.78 is 0. The second-order valence-corrected chi connectivity index (χ2v) is 3.20. The Kier molecular flexibility index (Phi) is 1.64. The summed E-state index contributed by atoms with van der Waals surface area (Å²) in [5.74, 6) is 0.355. The molecule has 0 bridgehead atoms. The summed E-state index contributed by atoms with van der Waals surface area (Å²) in [5.41, 5.74) is 0.979. The zero-order chi connectivity index (χ0) is 7.68. The smallest absolute Gasteiger partial charge is 0.318 e. The maximum atomic E-state index is 10.7. The Morgan fingerprint density at radius 3 is 2.64 bits per heavy atom. The van der Waals surface area contributed by atoms with Gasteiger partial charge < -0.3 is 4.84 Å². The molecule has 0 N–H and O–H groups in total. The summed E-state index contributed by atoms with van der Waals surface area (Å²) in [6.07, 6.45) is 5.37. The van der Waals surface area contributed by atoms with Crippen LogP contribution in [0.15, 0.2) is 5.16 Å². The van der Waals surface area contributed by atoms with Crippen molar-refractivity contribution in [3.05, 3.63) is 0 Å². The first-order chi connectivity index (χ1) is 5.36. The van der Waals surface area contributed by atoms with Crippen molar-refractivity contribution in [2.24, 2.45) is 11.1 Å². The minimum absolute atomic E-state index is 0.188. The predicted octanol–water partition coefficient (Wildman–Crippen LogP) is 1.48. The lowest BCUT2D eigenvalue weighted by Gasteiger charge is -2.03. The first kappa shape index (κ1) is 6.83. The van der Waals surface area contributed by atoms with Gasteiger partial charge in [0, 0.05) is 5.92 Å². The van der Waals surface area contributed by atoms with Gasteiger partial charge in [-0.2, -0.15) is 0 Å². The fourth-order valence-electron chi connectivity index (χ4n) is 1.80.